The predicted molar refractivity (Wildman–Crippen MR) is 65.2 cm³/mol. The Kier molecular flexibility index (Phi) is 5.09. The highest BCUT2D eigenvalue weighted by Gasteiger charge is 2.18. The molecule has 2 nitrogen and oxygen atoms in total. The molecule has 0 heterocycles. The van der Waals surface area contributed by atoms with Gasteiger partial charge in [0, 0.05) is 12.8 Å². The molecule has 80 valence electrons. The van der Waals surface area contributed by atoms with E-state index in [0.717, 1.165) is 24.8 Å². The van der Waals surface area contributed by atoms with Gasteiger partial charge in [0.15, 0.2) is 0 Å². The van der Waals surface area contributed by atoms with E-state index >= 15 is 0 Å². The van der Waals surface area contributed by atoms with Crippen molar-refractivity contribution in [3.8, 4) is 0 Å². The normalized spacial score (nSPS) is 28.0. The van der Waals surface area contributed by atoms with Gasteiger partial charge in [-0.05, 0) is 30.8 Å². The molecule has 0 aromatic rings. The van der Waals surface area contributed by atoms with Gasteiger partial charge >= 0.3 is 0 Å². The highest BCUT2D eigenvalue weighted by Crippen LogP contribution is 2.35. The molecule has 0 radical (unpaired) electrons. The first-order chi connectivity index (χ1) is 6.63. The minimum absolute atomic E-state index is 0.251. The maximum atomic E-state index is 11.0. The van der Waals surface area contributed by atoms with Crippen LogP contribution in [0.15, 0.2) is 23.8 Å². The summed E-state index contributed by atoms with van der Waals surface area (Å²) in [6.45, 7) is 4.25. The third-order valence-corrected chi connectivity index (χ3v) is 3.94. The Morgan fingerprint density at radius 3 is 3.00 bits per heavy atom. The van der Waals surface area contributed by atoms with Gasteiger partial charge < -0.3 is 9.67 Å². The zero-order valence-corrected chi connectivity index (χ0v) is 10.5. The molecule has 1 aliphatic carbocycles. The maximum absolute atomic E-state index is 11.0. The predicted octanol–water partition coefficient (Wildman–Crippen LogP) is 2.61. The second-order valence-corrected chi connectivity index (χ2v) is 7.07. The summed E-state index contributed by atoms with van der Waals surface area (Å²) in [5.74, 6) is 0.374. The fraction of sp³-hybridized carbons (Fsp3) is 0.600. The maximum Gasteiger partial charge on any atom is 0.0939 e. The summed E-state index contributed by atoms with van der Waals surface area (Å²) in [5.41, 5.74) is 2.36. The molecule has 0 saturated heterocycles. The molecule has 0 aromatic heterocycles. The van der Waals surface area contributed by atoms with Crippen LogP contribution >= 0.6 is 16.4 Å². The first-order valence-electron chi connectivity index (χ1n) is 4.89. The third-order valence-electron chi connectivity index (χ3n) is 2.62. The van der Waals surface area contributed by atoms with Crippen molar-refractivity contribution in [2.75, 3.05) is 12.8 Å². The molecule has 2 unspecified atom stereocenters. The number of hydrogen-bond acceptors (Lipinski definition) is 2. The number of hydrogen-bond donors (Lipinski definition) is 1. The van der Waals surface area contributed by atoms with Gasteiger partial charge in [0.2, 0.25) is 0 Å². The molecule has 1 aliphatic rings. The summed E-state index contributed by atoms with van der Waals surface area (Å²) in [6, 6.07) is 0. The Morgan fingerprint density at radius 1 is 1.71 bits per heavy atom. The second-order valence-electron chi connectivity index (χ2n) is 3.79. The largest absolute Gasteiger partial charge is 0.396 e. The molecule has 14 heavy (non-hydrogen) atoms. The standard InChI is InChI=1S/C10H18O2P2/c1-8-2-3-9(7-11)6-10(8)4-5-14(12)13/h4,9,11,14H,1-3,5-7,13H2/b10-4-/t9-/m0/s1. The fourth-order valence-electron chi connectivity index (χ4n) is 1.70. The van der Waals surface area contributed by atoms with E-state index in [9.17, 15) is 4.57 Å². The Balaban J connectivity index is 2.60. The van der Waals surface area contributed by atoms with Crippen LogP contribution in [0.4, 0.5) is 0 Å². The van der Waals surface area contributed by atoms with Gasteiger partial charge in [0.05, 0.1) is 7.49 Å². The molecule has 0 bridgehead atoms. The molecule has 3 atom stereocenters. The quantitative estimate of drug-likeness (QED) is 0.759. The first-order valence-corrected chi connectivity index (χ1v) is 8.32. The number of rotatable bonds is 3. The van der Waals surface area contributed by atoms with Crippen molar-refractivity contribution in [3.63, 3.8) is 0 Å². The van der Waals surface area contributed by atoms with E-state index in [-0.39, 0.29) is 6.61 Å². The summed E-state index contributed by atoms with van der Waals surface area (Å²) in [6.07, 6.45) is 5.56. The van der Waals surface area contributed by atoms with Crippen LogP contribution in [0.25, 0.3) is 0 Å². The molecular formula is C10H18O2P2. The molecule has 1 saturated carbocycles. The zero-order chi connectivity index (χ0) is 10.6. The Labute approximate surface area is 88.4 Å². The molecule has 0 aliphatic heterocycles. The van der Waals surface area contributed by atoms with Gasteiger partial charge in [-0.3, -0.25) is 0 Å². The van der Waals surface area contributed by atoms with Crippen LogP contribution in [0, 0.1) is 5.92 Å². The van der Waals surface area contributed by atoms with E-state index in [1.165, 1.54) is 5.57 Å². The summed E-state index contributed by atoms with van der Waals surface area (Å²) in [5, 5.41) is 9.06. The highest BCUT2D eigenvalue weighted by molar-refractivity contribution is 8.06. The van der Waals surface area contributed by atoms with Crippen LogP contribution < -0.4 is 0 Å². The summed E-state index contributed by atoms with van der Waals surface area (Å²) in [4.78, 5) is 0. The molecule has 4 heteroatoms. The Bertz CT molecular complexity index is 271. The SMILES string of the molecule is C=C1CC[C@H](CO)C/C1=C/C[PH](=O)P. The Hall–Kier alpha value is 0.1000. The van der Waals surface area contributed by atoms with Gasteiger partial charge in [-0.1, -0.05) is 27.2 Å². The van der Waals surface area contributed by atoms with Crippen molar-refractivity contribution >= 4 is 16.4 Å². The topological polar surface area (TPSA) is 37.3 Å². The van der Waals surface area contributed by atoms with Crippen molar-refractivity contribution < 1.29 is 9.67 Å². The molecule has 0 spiro atoms. The van der Waals surface area contributed by atoms with Crippen molar-refractivity contribution in [1.82, 2.24) is 0 Å². The smallest absolute Gasteiger partial charge is 0.0939 e. The number of aliphatic hydroxyl groups excluding tert-OH is 1. The van der Waals surface area contributed by atoms with Crippen molar-refractivity contribution in [2.24, 2.45) is 5.92 Å². The minimum atomic E-state index is -1.49. The molecular weight excluding hydrogens is 214 g/mol. The summed E-state index contributed by atoms with van der Waals surface area (Å²) < 4.78 is 11.0. The lowest BCUT2D eigenvalue weighted by Crippen LogP contribution is -2.13. The van der Waals surface area contributed by atoms with Crippen LogP contribution in [0.5, 0.6) is 0 Å². The van der Waals surface area contributed by atoms with Gasteiger partial charge in [0.1, 0.15) is 0 Å². The van der Waals surface area contributed by atoms with E-state index < -0.39 is 7.49 Å². The molecule has 1 rings (SSSR count). The van der Waals surface area contributed by atoms with E-state index in [0.29, 0.717) is 12.1 Å². The van der Waals surface area contributed by atoms with Gasteiger partial charge in [-0.2, -0.15) is 0 Å². The van der Waals surface area contributed by atoms with Crippen LogP contribution in [0.3, 0.4) is 0 Å². The van der Waals surface area contributed by atoms with Gasteiger partial charge in [-0.15, -0.1) is 0 Å². The first kappa shape index (κ1) is 12.2. The molecule has 1 N–H and O–H groups in total. The van der Waals surface area contributed by atoms with E-state index in [1.807, 2.05) is 6.08 Å². The minimum Gasteiger partial charge on any atom is -0.396 e. The lowest BCUT2D eigenvalue weighted by Gasteiger charge is -2.24. The third kappa shape index (κ3) is 3.69. The Morgan fingerprint density at radius 2 is 2.43 bits per heavy atom. The summed E-state index contributed by atoms with van der Waals surface area (Å²) in [7, 11) is 0.859. The van der Waals surface area contributed by atoms with E-state index in [1.54, 1.807) is 0 Å². The van der Waals surface area contributed by atoms with Crippen LogP contribution in [-0.2, 0) is 4.57 Å². The van der Waals surface area contributed by atoms with Crippen molar-refractivity contribution in [2.45, 2.75) is 19.3 Å². The van der Waals surface area contributed by atoms with Gasteiger partial charge in [0.25, 0.3) is 0 Å². The highest BCUT2D eigenvalue weighted by atomic mass is 32.0. The number of aliphatic hydroxyl groups is 1. The van der Waals surface area contributed by atoms with Crippen molar-refractivity contribution in [1.29, 1.82) is 0 Å². The molecule has 0 amide bonds. The fourth-order valence-corrected chi connectivity index (χ4v) is 2.50. The van der Waals surface area contributed by atoms with Crippen LogP contribution in [0.2, 0.25) is 0 Å². The van der Waals surface area contributed by atoms with E-state index in [2.05, 4.69) is 15.5 Å². The lowest BCUT2D eigenvalue weighted by molar-refractivity contribution is 0.213. The van der Waals surface area contributed by atoms with E-state index in [4.69, 9.17) is 5.11 Å². The van der Waals surface area contributed by atoms with Crippen LogP contribution in [-0.4, -0.2) is 17.9 Å². The lowest BCUT2D eigenvalue weighted by atomic mass is 9.83. The zero-order valence-electron chi connectivity index (χ0n) is 8.33. The molecule has 0 aromatic carbocycles. The monoisotopic (exact) mass is 232 g/mol. The summed E-state index contributed by atoms with van der Waals surface area (Å²) >= 11 is 0. The second kappa shape index (κ2) is 5.85. The average Bonchev–Trinajstić information content (AvgIpc) is 2.16. The average molecular weight is 232 g/mol. The number of allylic oxidation sites excluding steroid dienone is 3. The molecule has 1 fully saturated rings. The van der Waals surface area contributed by atoms with Crippen LogP contribution in [0.1, 0.15) is 19.3 Å². The van der Waals surface area contributed by atoms with Gasteiger partial charge in [-0.25, -0.2) is 0 Å². The van der Waals surface area contributed by atoms with Crippen molar-refractivity contribution in [3.05, 3.63) is 23.8 Å².